The standard InChI is InChI=1S/C31H44ClFN4O4/c32-22-10-9-21(18-23(22)33)41-20-26(39)34-30-15-13-29(14-16-30,19-25(30)38)35-28(40)27-24-8-4-7-17-37(24)36-31(27)11-5-2-1-3-6-12-31/h9-10,18,24-25,27,36,38H,1-8,11-17,19-20H2,(H,34,39)(H,35,40). The molecular formula is C31H44ClFN4O4. The highest BCUT2D eigenvalue weighted by molar-refractivity contribution is 6.30. The van der Waals surface area contributed by atoms with Crippen molar-refractivity contribution in [2.75, 3.05) is 13.2 Å². The third-order valence-corrected chi connectivity index (χ3v) is 11.1. The molecule has 41 heavy (non-hydrogen) atoms. The molecule has 2 aliphatic heterocycles. The van der Waals surface area contributed by atoms with Crippen LogP contribution in [0.5, 0.6) is 5.75 Å². The lowest BCUT2D eigenvalue weighted by Gasteiger charge is -2.56. The number of aliphatic hydroxyl groups is 1. The Balaban J connectivity index is 1.10. The van der Waals surface area contributed by atoms with Crippen molar-refractivity contribution in [1.29, 1.82) is 0 Å². The van der Waals surface area contributed by atoms with E-state index in [2.05, 4.69) is 21.1 Å². The number of ether oxygens (including phenoxy) is 1. The van der Waals surface area contributed by atoms with E-state index in [1.165, 1.54) is 37.8 Å². The van der Waals surface area contributed by atoms with Crippen LogP contribution in [-0.4, -0.2) is 63.8 Å². The molecule has 3 atom stereocenters. The number of hydrogen-bond acceptors (Lipinski definition) is 6. The fourth-order valence-electron chi connectivity index (χ4n) is 8.58. The molecule has 0 radical (unpaired) electrons. The number of nitrogens with zero attached hydrogens (tertiary/aromatic N) is 1. The summed E-state index contributed by atoms with van der Waals surface area (Å²) in [4.78, 5) is 27.1. The van der Waals surface area contributed by atoms with Gasteiger partial charge in [-0.1, -0.05) is 50.1 Å². The molecule has 4 aliphatic carbocycles. The number of amides is 2. The van der Waals surface area contributed by atoms with Crippen LogP contribution < -0.4 is 20.8 Å². The first-order valence-corrected chi connectivity index (χ1v) is 16.0. The minimum absolute atomic E-state index is 0.0103. The average molecular weight is 591 g/mol. The fourth-order valence-corrected chi connectivity index (χ4v) is 8.70. The highest BCUT2D eigenvalue weighted by Crippen LogP contribution is 2.49. The van der Waals surface area contributed by atoms with Gasteiger partial charge in [0.2, 0.25) is 5.91 Å². The van der Waals surface area contributed by atoms with Crippen LogP contribution in [-0.2, 0) is 9.59 Å². The topological polar surface area (TPSA) is 103 Å². The zero-order valence-corrected chi connectivity index (χ0v) is 24.6. The van der Waals surface area contributed by atoms with E-state index in [0.29, 0.717) is 32.1 Å². The van der Waals surface area contributed by atoms with Crippen molar-refractivity contribution < 1.29 is 23.8 Å². The van der Waals surface area contributed by atoms with Crippen molar-refractivity contribution in [2.45, 2.75) is 125 Å². The molecule has 2 heterocycles. The quantitative estimate of drug-likeness (QED) is 0.392. The lowest BCUT2D eigenvalue weighted by molar-refractivity contribution is -0.139. The maximum atomic E-state index is 14.3. The van der Waals surface area contributed by atoms with Gasteiger partial charge in [-0.15, -0.1) is 0 Å². The van der Waals surface area contributed by atoms with Crippen molar-refractivity contribution in [3.63, 3.8) is 0 Å². The van der Waals surface area contributed by atoms with Gasteiger partial charge < -0.3 is 20.5 Å². The van der Waals surface area contributed by atoms with Crippen molar-refractivity contribution >= 4 is 23.4 Å². The molecule has 0 aromatic heterocycles. The fraction of sp³-hybridized carbons (Fsp3) is 0.742. The summed E-state index contributed by atoms with van der Waals surface area (Å²) < 4.78 is 19.2. The second kappa shape index (κ2) is 11.6. The Labute approximate surface area is 247 Å². The van der Waals surface area contributed by atoms with E-state index in [0.717, 1.165) is 51.1 Å². The molecule has 2 bridgehead atoms. The first kappa shape index (κ1) is 29.1. The van der Waals surface area contributed by atoms with E-state index >= 15 is 0 Å². The largest absolute Gasteiger partial charge is 0.484 e. The Hall–Kier alpha value is -1.94. The molecule has 6 aliphatic rings. The molecular weight excluding hydrogens is 547 g/mol. The van der Waals surface area contributed by atoms with E-state index in [-0.39, 0.29) is 46.7 Å². The van der Waals surface area contributed by atoms with Crippen LogP contribution in [0.2, 0.25) is 5.02 Å². The summed E-state index contributed by atoms with van der Waals surface area (Å²) in [5, 5.41) is 20.2. The summed E-state index contributed by atoms with van der Waals surface area (Å²) in [6, 6.07) is 4.27. The zero-order chi connectivity index (χ0) is 28.7. The van der Waals surface area contributed by atoms with E-state index in [4.69, 9.17) is 16.3 Å². The summed E-state index contributed by atoms with van der Waals surface area (Å²) in [5.74, 6) is -0.702. The van der Waals surface area contributed by atoms with Crippen LogP contribution in [0.1, 0.15) is 96.3 Å². The molecule has 226 valence electrons. The molecule has 2 amide bonds. The van der Waals surface area contributed by atoms with E-state index < -0.39 is 23.0 Å². The molecule has 10 heteroatoms. The number of halogens is 2. The van der Waals surface area contributed by atoms with Gasteiger partial charge in [0.05, 0.1) is 22.6 Å². The molecule has 1 aromatic rings. The molecule has 4 saturated carbocycles. The van der Waals surface area contributed by atoms with Gasteiger partial charge in [0.25, 0.3) is 5.91 Å². The van der Waals surface area contributed by atoms with Gasteiger partial charge >= 0.3 is 0 Å². The van der Waals surface area contributed by atoms with Crippen LogP contribution in [0.15, 0.2) is 18.2 Å². The summed E-state index contributed by atoms with van der Waals surface area (Å²) in [6.07, 6.45) is 13.7. The number of rotatable bonds is 6. The number of carbonyl (C=O) groups is 2. The summed E-state index contributed by atoms with van der Waals surface area (Å²) in [5.41, 5.74) is 2.51. The van der Waals surface area contributed by atoms with Gasteiger partial charge in [0.15, 0.2) is 6.61 Å². The zero-order valence-electron chi connectivity index (χ0n) is 23.9. The third kappa shape index (κ3) is 5.71. The number of fused-ring (bicyclic) bond motifs is 4. The van der Waals surface area contributed by atoms with Crippen molar-refractivity contribution in [3.05, 3.63) is 29.0 Å². The van der Waals surface area contributed by atoms with Crippen molar-refractivity contribution in [1.82, 2.24) is 21.1 Å². The first-order chi connectivity index (χ1) is 19.7. The van der Waals surface area contributed by atoms with Gasteiger partial charge in [-0.25, -0.2) is 14.8 Å². The smallest absolute Gasteiger partial charge is 0.258 e. The highest BCUT2D eigenvalue weighted by Gasteiger charge is 2.59. The Morgan fingerprint density at radius 2 is 1.76 bits per heavy atom. The maximum absolute atomic E-state index is 14.3. The van der Waals surface area contributed by atoms with Crippen LogP contribution in [0.25, 0.3) is 0 Å². The minimum atomic E-state index is -0.773. The van der Waals surface area contributed by atoms with Crippen molar-refractivity contribution in [2.24, 2.45) is 5.92 Å². The molecule has 7 rings (SSSR count). The van der Waals surface area contributed by atoms with Crippen LogP contribution >= 0.6 is 11.6 Å². The van der Waals surface area contributed by atoms with Crippen LogP contribution in [0, 0.1) is 11.7 Å². The number of hydrogen-bond donors (Lipinski definition) is 4. The Morgan fingerprint density at radius 3 is 2.46 bits per heavy atom. The number of aliphatic hydroxyl groups excluding tert-OH is 1. The Kier molecular flexibility index (Phi) is 8.26. The van der Waals surface area contributed by atoms with Crippen molar-refractivity contribution in [3.8, 4) is 5.75 Å². The Morgan fingerprint density at radius 1 is 1.02 bits per heavy atom. The van der Waals surface area contributed by atoms with E-state index in [9.17, 15) is 19.1 Å². The monoisotopic (exact) mass is 590 g/mol. The van der Waals surface area contributed by atoms with Gasteiger partial charge in [0.1, 0.15) is 11.6 Å². The lowest BCUT2D eigenvalue weighted by Crippen LogP contribution is -2.71. The van der Waals surface area contributed by atoms with Crippen LogP contribution in [0.4, 0.5) is 4.39 Å². The Bertz CT molecular complexity index is 1140. The van der Waals surface area contributed by atoms with Gasteiger partial charge in [0, 0.05) is 29.7 Å². The van der Waals surface area contributed by atoms with Gasteiger partial charge in [-0.2, -0.15) is 0 Å². The summed E-state index contributed by atoms with van der Waals surface area (Å²) >= 11 is 5.72. The number of piperidine rings is 1. The SMILES string of the molecule is O=C(COc1ccc(Cl)c(F)c1)NC12CCC(NC(=O)C3C4CCCCN4NC34CCCCCCC4)(CC1)CC2O. The molecule has 1 aromatic carbocycles. The molecule has 6 fully saturated rings. The number of nitrogens with one attached hydrogen (secondary N) is 3. The normalized spacial score (nSPS) is 34.9. The lowest BCUT2D eigenvalue weighted by atomic mass is 9.59. The number of benzene rings is 1. The third-order valence-electron chi connectivity index (χ3n) is 10.8. The molecule has 3 unspecified atom stereocenters. The minimum Gasteiger partial charge on any atom is -0.484 e. The summed E-state index contributed by atoms with van der Waals surface area (Å²) in [6.45, 7) is 0.713. The molecule has 2 saturated heterocycles. The maximum Gasteiger partial charge on any atom is 0.258 e. The predicted octanol–water partition coefficient (Wildman–Crippen LogP) is 4.38. The number of hydrazine groups is 1. The highest BCUT2D eigenvalue weighted by atomic mass is 35.5. The van der Waals surface area contributed by atoms with E-state index in [1.807, 2.05) is 0 Å². The first-order valence-electron chi connectivity index (χ1n) is 15.7. The van der Waals surface area contributed by atoms with Gasteiger partial charge in [-0.3, -0.25) is 9.59 Å². The molecule has 8 nitrogen and oxygen atoms in total. The number of carbonyl (C=O) groups excluding carboxylic acids is 2. The van der Waals surface area contributed by atoms with Crippen LogP contribution in [0.3, 0.4) is 0 Å². The molecule has 1 spiro atoms. The summed E-state index contributed by atoms with van der Waals surface area (Å²) in [7, 11) is 0. The second-order valence-corrected chi connectivity index (χ2v) is 13.7. The van der Waals surface area contributed by atoms with E-state index in [1.54, 1.807) is 0 Å². The second-order valence-electron chi connectivity index (χ2n) is 13.3. The predicted molar refractivity (Wildman–Crippen MR) is 154 cm³/mol. The van der Waals surface area contributed by atoms with Gasteiger partial charge in [-0.05, 0) is 69.9 Å². The average Bonchev–Trinajstić information content (AvgIpc) is 3.27. The molecule has 4 N–H and O–H groups in total.